The SMILES string of the molecule is Cc1ccccc1C(=O)Nc1cc(C)c(S(=O)(=O)N[C@@H](C)C2CCNCC2)cc1Cl. The Balaban J connectivity index is 1.79. The lowest BCUT2D eigenvalue weighted by Crippen LogP contribution is -2.42. The second kappa shape index (κ2) is 9.47. The third-order valence-electron chi connectivity index (χ3n) is 5.62. The Morgan fingerprint density at radius 2 is 1.80 bits per heavy atom. The van der Waals surface area contributed by atoms with E-state index in [1.807, 2.05) is 26.0 Å². The van der Waals surface area contributed by atoms with Crippen LogP contribution in [0, 0.1) is 19.8 Å². The van der Waals surface area contributed by atoms with Crippen molar-refractivity contribution in [3.8, 4) is 0 Å². The van der Waals surface area contributed by atoms with E-state index in [4.69, 9.17) is 11.6 Å². The number of piperidine rings is 1. The Bertz CT molecular complexity index is 1030. The number of anilines is 1. The zero-order valence-corrected chi connectivity index (χ0v) is 19.0. The van der Waals surface area contributed by atoms with Crippen molar-refractivity contribution in [3.05, 3.63) is 58.1 Å². The summed E-state index contributed by atoms with van der Waals surface area (Å²) in [5.74, 6) is 0.00661. The van der Waals surface area contributed by atoms with E-state index in [1.54, 1.807) is 25.1 Å². The van der Waals surface area contributed by atoms with Crippen molar-refractivity contribution in [2.75, 3.05) is 18.4 Å². The summed E-state index contributed by atoms with van der Waals surface area (Å²) < 4.78 is 28.8. The molecule has 30 heavy (non-hydrogen) atoms. The molecule has 0 unspecified atom stereocenters. The van der Waals surface area contributed by atoms with Gasteiger partial charge < -0.3 is 10.6 Å². The third-order valence-corrected chi connectivity index (χ3v) is 7.64. The van der Waals surface area contributed by atoms with Crippen LogP contribution in [-0.4, -0.2) is 33.5 Å². The lowest BCUT2D eigenvalue weighted by Gasteiger charge is -2.28. The molecule has 2 aromatic carbocycles. The molecule has 8 heteroatoms. The van der Waals surface area contributed by atoms with Crippen molar-refractivity contribution in [1.82, 2.24) is 10.0 Å². The van der Waals surface area contributed by atoms with E-state index in [0.29, 0.717) is 22.7 Å². The molecule has 1 amide bonds. The molecule has 0 radical (unpaired) electrons. The van der Waals surface area contributed by atoms with Crippen molar-refractivity contribution >= 4 is 33.2 Å². The number of aryl methyl sites for hydroxylation is 2. The van der Waals surface area contributed by atoms with Crippen molar-refractivity contribution in [2.24, 2.45) is 5.92 Å². The van der Waals surface area contributed by atoms with Gasteiger partial charge in [-0.1, -0.05) is 29.8 Å². The summed E-state index contributed by atoms with van der Waals surface area (Å²) in [5.41, 5.74) is 2.29. The van der Waals surface area contributed by atoms with Crippen LogP contribution in [0.3, 0.4) is 0 Å². The average Bonchev–Trinajstić information content (AvgIpc) is 2.71. The molecule has 3 N–H and O–H groups in total. The van der Waals surface area contributed by atoms with Gasteiger partial charge in [0.25, 0.3) is 5.91 Å². The van der Waals surface area contributed by atoms with Gasteiger partial charge >= 0.3 is 0 Å². The standard InChI is InChI=1S/C22H28ClN3O3S/c1-14-6-4-5-7-18(14)22(27)25-20-12-15(2)21(13-19(20)23)30(28,29)26-16(3)17-8-10-24-11-9-17/h4-7,12-13,16-17,24,26H,8-11H2,1-3H3,(H,25,27)/t16-/m0/s1. The van der Waals surface area contributed by atoms with Gasteiger partial charge in [0.1, 0.15) is 0 Å². The van der Waals surface area contributed by atoms with E-state index < -0.39 is 10.0 Å². The summed E-state index contributed by atoms with van der Waals surface area (Å²) >= 11 is 6.35. The Hall–Kier alpha value is -1.93. The number of carbonyl (C=O) groups is 1. The number of carbonyl (C=O) groups excluding carboxylic acids is 1. The number of rotatable bonds is 6. The maximum absolute atomic E-state index is 13.0. The first-order chi connectivity index (χ1) is 14.2. The van der Waals surface area contributed by atoms with Crippen LogP contribution in [0.25, 0.3) is 0 Å². The Labute approximate surface area is 183 Å². The number of hydrogen-bond acceptors (Lipinski definition) is 4. The largest absolute Gasteiger partial charge is 0.321 e. The van der Waals surface area contributed by atoms with E-state index in [1.165, 1.54) is 6.07 Å². The van der Waals surface area contributed by atoms with Crippen molar-refractivity contribution in [3.63, 3.8) is 0 Å². The summed E-state index contributed by atoms with van der Waals surface area (Å²) in [4.78, 5) is 12.7. The molecule has 0 bridgehead atoms. The lowest BCUT2D eigenvalue weighted by molar-refractivity contribution is 0.102. The van der Waals surface area contributed by atoms with E-state index in [-0.39, 0.29) is 21.9 Å². The number of benzene rings is 2. The molecule has 1 aliphatic heterocycles. The Kier molecular flexibility index (Phi) is 7.18. The fraction of sp³-hybridized carbons (Fsp3) is 0.409. The molecule has 1 heterocycles. The number of amides is 1. The minimum Gasteiger partial charge on any atom is -0.321 e. The van der Waals surface area contributed by atoms with E-state index >= 15 is 0 Å². The minimum absolute atomic E-state index is 0.127. The molecule has 1 atom stereocenters. The highest BCUT2D eigenvalue weighted by Crippen LogP contribution is 2.30. The minimum atomic E-state index is -3.73. The van der Waals surface area contributed by atoms with Gasteiger partial charge in [-0.2, -0.15) is 0 Å². The highest BCUT2D eigenvalue weighted by atomic mass is 35.5. The molecule has 1 saturated heterocycles. The van der Waals surface area contributed by atoms with E-state index in [2.05, 4.69) is 15.4 Å². The van der Waals surface area contributed by atoms with Gasteiger partial charge in [0.15, 0.2) is 0 Å². The summed E-state index contributed by atoms with van der Waals surface area (Å²) in [6.07, 6.45) is 1.88. The fourth-order valence-electron chi connectivity index (χ4n) is 3.81. The quantitative estimate of drug-likeness (QED) is 0.624. The van der Waals surface area contributed by atoms with Gasteiger partial charge in [-0.3, -0.25) is 4.79 Å². The first kappa shape index (κ1) is 22.7. The maximum Gasteiger partial charge on any atom is 0.255 e. The highest BCUT2D eigenvalue weighted by Gasteiger charge is 2.27. The van der Waals surface area contributed by atoms with Crippen LogP contribution in [0.2, 0.25) is 5.02 Å². The highest BCUT2D eigenvalue weighted by molar-refractivity contribution is 7.89. The van der Waals surface area contributed by atoms with Crippen LogP contribution in [-0.2, 0) is 10.0 Å². The van der Waals surface area contributed by atoms with Crippen LogP contribution in [0.1, 0.15) is 41.3 Å². The first-order valence-electron chi connectivity index (χ1n) is 10.1. The Morgan fingerprint density at radius 1 is 1.13 bits per heavy atom. The maximum atomic E-state index is 13.0. The topological polar surface area (TPSA) is 87.3 Å². The van der Waals surface area contributed by atoms with Crippen LogP contribution in [0.5, 0.6) is 0 Å². The first-order valence-corrected chi connectivity index (χ1v) is 12.0. The molecule has 1 fully saturated rings. The molecule has 2 aromatic rings. The van der Waals surface area contributed by atoms with E-state index in [0.717, 1.165) is 31.5 Å². The van der Waals surface area contributed by atoms with Crippen LogP contribution < -0.4 is 15.4 Å². The molecule has 1 aliphatic rings. The molecular formula is C22H28ClN3O3S. The van der Waals surface area contributed by atoms with Crippen LogP contribution in [0.15, 0.2) is 41.3 Å². The molecule has 0 aromatic heterocycles. The molecule has 0 spiro atoms. The number of sulfonamides is 1. The van der Waals surface area contributed by atoms with Gasteiger partial charge in [-0.15, -0.1) is 0 Å². The van der Waals surface area contributed by atoms with Crippen molar-refractivity contribution in [1.29, 1.82) is 0 Å². The second-order valence-corrected chi connectivity index (χ2v) is 9.95. The average molecular weight is 450 g/mol. The summed E-state index contributed by atoms with van der Waals surface area (Å²) in [6.45, 7) is 7.26. The zero-order valence-electron chi connectivity index (χ0n) is 17.5. The zero-order chi connectivity index (χ0) is 21.9. The predicted octanol–water partition coefficient (Wildman–Crippen LogP) is 3.88. The molecule has 162 valence electrons. The molecule has 6 nitrogen and oxygen atoms in total. The summed E-state index contributed by atoms with van der Waals surface area (Å²) in [5, 5.41) is 6.25. The van der Waals surface area contributed by atoms with Crippen LogP contribution in [0.4, 0.5) is 5.69 Å². The number of hydrogen-bond donors (Lipinski definition) is 3. The number of nitrogens with one attached hydrogen (secondary N) is 3. The van der Waals surface area contributed by atoms with Gasteiger partial charge in [0, 0.05) is 11.6 Å². The number of halogens is 1. The molecular weight excluding hydrogens is 422 g/mol. The second-order valence-electron chi connectivity index (χ2n) is 7.86. The van der Waals surface area contributed by atoms with Crippen molar-refractivity contribution in [2.45, 2.75) is 44.6 Å². The lowest BCUT2D eigenvalue weighted by atomic mass is 9.92. The van der Waals surface area contributed by atoms with Gasteiger partial charge in [-0.05, 0) is 81.9 Å². The smallest absolute Gasteiger partial charge is 0.255 e. The molecule has 0 aliphatic carbocycles. The van der Waals surface area contributed by atoms with Gasteiger partial charge in [-0.25, -0.2) is 13.1 Å². The fourth-order valence-corrected chi connectivity index (χ4v) is 5.65. The van der Waals surface area contributed by atoms with Crippen molar-refractivity contribution < 1.29 is 13.2 Å². The van der Waals surface area contributed by atoms with Crippen LogP contribution >= 0.6 is 11.6 Å². The summed E-state index contributed by atoms with van der Waals surface area (Å²) in [7, 11) is -3.73. The van der Waals surface area contributed by atoms with Gasteiger partial charge in [0.2, 0.25) is 10.0 Å². The Morgan fingerprint density at radius 3 is 2.47 bits per heavy atom. The van der Waals surface area contributed by atoms with E-state index in [9.17, 15) is 13.2 Å². The monoisotopic (exact) mass is 449 g/mol. The normalized spacial score (nSPS) is 16.3. The summed E-state index contributed by atoms with van der Waals surface area (Å²) in [6, 6.07) is 10.1. The molecule has 3 rings (SSSR count). The van der Waals surface area contributed by atoms with Gasteiger partial charge in [0.05, 0.1) is 15.6 Å². The predicted molar refractivity (Wildman–Crippen MR) is 121 cm³/mol. The third kappa shape index (κ3) is 5.21. The molecule has 0 saturated carbocycles.